The van der Waals surface area contributed by atoms with Gasteiger partial charge in [-0.15, -0.1) is 0 Å². The lowest BCUT2D eigenvalue weighted by molar-refractivity contribution is 0.414. The molecule has 1 rings (SSSR count). The molecule has 64 valence electrons. The van der Waals surface area contributed by atoms with E-state index in [9.17, 15) is 4.79 Å². The van der Waals surface area contributed by atoms with Crippen LogP contribution in [0.5, 0.6) is 5.75 Å². The van der Waals surface area contributed by atoms with Crippen LogP contribution in [0.4, 0.5) is 0 Å². The fourth-order valence-corrected chi connectivity index (χ4v) is 1.54. The first-order valence-corrected chi connectivity index (χ1v) is 4.47. The standard InChI is InChI=1S/C8H7ClO2S/c1-11-8-3-2-6(12-5-10)4-7(8)9/h2-5H,1H3. The van der Waals surface area contributed by atoms with Crippen LogP contribution in [0.1, 0.15) is 0 Å². The molecule has 0 bridgehead atoms. The van der Waals surface area contributed by atoms with E-state index in [-0.39, 0.29) is 0 Å². The smallest absolute Gasteiger partial charge is 0.180 e. The second-order valence-electron chi connectivity index (χ2n) is 2.01. The number of carbonyl (C=O) groups excluding carboxylic acids is 1. The summed E-state index contributed by atoms with van der Waals surface area (Å²) in [5.41, 5.74) is 0.762. The maximum absolute atomic E-state index is 10.1. The first-order chi connectivity index (χ1) is 5.77. The van der Waals surface area contributed by atoms with Gasteiger partial charge >= 0.3 is 0 Å². The molecule has 0 saturated carbocycles. The first kappa shape index (κ1) is 9.42. The van der Waals surface area contributed by atoms with Gasteiger partial charge in [-0.25, -0.2) is 0 Å². The van der Waals surface area contributed by atoms with Gasteiger partial charge in [-0.05, 0) is 18.2 Å². The van der Waals surface area contributed by atoms with Crippen molar-refractivity contribution in [1.82, 2.24) is 0 Å². The zero-order chi connectivity index (χ0) is 8.97. The second-order valence-corrected chi connectivity index (χ2v) is 3.32. The Bertz CT molecular complexity index is 288. The first-order valence-electron chi connectivity index (χ1n) is 3.21. The van der Waals surface area contributed by atoms with Crippen LogP contribution >= 0.6 is 23.4 Å². The molecule has 2 nitrogen and oxygen atoms in total. The molecule has 0 unspecified atom stereocenters. The summed E-state index contributed by atoms with van der Waals surface area (Å²) in [4.78, 5) is 10.9. The minimum atomic E-state index is 0.518. The molecular formula is C8H7ClO2S. The van der Waals surface area contributed by atoms with E-state index < -0.39 is 0 Å². The maximum Gasteiger partial charge on any atom is 0.180 e. The number of ether oxygens (including phenoxy) is 1. The molecule has 12 heavy (non-hydrogen) atoms. The van der Waals surface area contributed by atoms with Crippen molar-refractivity contribution in [2.75, 3.05) is 7.11 Å². The minimum Gasteiger partial charge on any atom is -0.495 e. The Balaban J connectivity index is 2.93. The molecular weight excluding hydrogens is 196 g/mol. The quantitative estimate of drug-likeness (QED) is 0.557. The minimum absolute atomic E-state index is 0.518. The zero-order valence-electron chi connectivity index (χ0n) is 6.41. The van der Waals surface area contributed by atoms with Gasteiger partial charge < -0.3 is 4.74 Å². The molecule has 0 atom stereocenters. The molecule has 0 aliphatic rings. The highest BCUT2D eigenvalue weighted by atomic mass is 35.5. The van der Waals surface area contributed by atoms with Crippen molar-refractivity contribution in [2.24, 2.45) is 0 Å². The lowest BCUT2D eigenvalue weighted by Gasteiger charge is -2.02. The molecule has 1 aromatic rings. The van der Waals surface area contributed by atoms with Gasteiger partial charge in [-0.3, -0.25) is 4.79 Å². The van der Waals surface area contributed by atoms with Gasteiger partial charge in [0.25, 0.3) is 0 Å². The Morgan fingerprint density at radius 1 is 1.58 bits per heavy atom. The number of methoxy groups -OCH3 is 1. The van der Waals surface area contributed by atoms with Crippen LogP contribution < -0.4 is 4.74 Å². The second kappa shape index (κ2) is 4.38. The Hall–Kier alpha value is -0.670. The number of benzene rings is 1. The van der Waals surface area contributed by atoms with Gasteiger partial charge in [-0.2, -0.15) is 0 Å². The van der Waals surface area contributed by atoms with Crippen LogP contribution in [0, 0.1) is 0 Å². The van der Waals surface area contributed by atoms with Crippen molar-refractivity contribution in [3.05, 3.63) is 23.2 Å². The van der Waals surface area contributed by atoms with E-state index in [1.807, 2.05) is 0 Å². The monoisotopic (exact) mass is 202 g/mol. The van der Waals surface area contributed by atoms with E-state index in [2.05, 4.69) is 0 Å². The summed E-state index contributed by atoms with van der Waals surface area (Å²) < 4.78 is 4.95. The van der Waals surface area contributed by atoms with E-state index in [4.69, 9.17) is 16.3 Å². The largest absolute Gasteiger partial charge is 0.495 e. The fraction of sp³-hybridized carbons (Fsp3) is 0.125. The molecule has 0 N–H and O–H groups in total. The summed E-state index contributed by atoms with van der Waals surface area (Å²) in [5, 5.41) is 0.518. The molecule has 0 heterocycles. The van der Waals surface area contributed by atoms with E-state index in [1.54, 1.807) is 25.3 Å². The van der Waals surface area contributed by atoms with Gasteiger partial charge in [-0.1, -0.05) is 23.4 Å². The lowest BCUT2D eigenvalue weighted by Crippen LogP contribution is -1.83. The van der Waals surface area contributed by atoms with Crippen molar-refractivity contribution in [2.45, 2.75) is 4.90 Å². The molecule has 4 heteroatoms. The number of hydrogen-bond acceptors (Lipinski definition) is 3. The molecule has 0 spiro atoms. The van der Waals surface area contributed by atoms with Crippen molar-refractivity contribution in [3.63, 3.8) is 0 Å². The average molecular weight is 203 g/mol. The van der Waals surface area contributed by atoms with Crippen LogP contribution in [0.25, 0.3) is 0 Å². The van der Waals surface area contributed by atoms with E-state index >= 15 is 0 Å². The highest BCUT2D eigenvalue weighted by Gasteiger charge is 2.00. The summed E-state index contributed by atoms with van der Waals surface area (Å²) in [6.45, 7) is 0. The van der Waals surface area contributed by atoms with E-state index in [1.165, 1.54) is 0 Å². The Morgan fingerprint density at radius 3 is 2.83 bits per heavy atom. The highest BCUT2D eigenvalue weighted by molar-refractivity contribution is 8.11. The average Bonchev–Trinajstić information content (AvgIpc) is 2.05. The van der Waals surface area contributed by atoms with Gasteiger partial charge in [0.2, 0.25) is 0 Å². The number of halogens is 1. The number of hydrogen-bond donors (Lipinski definition) is 0. The molecule has 0 amide bonds. The number of thioether (sulfide) groups is 1. The Kier molecular flexibility index (Phi) is 3.44. The molecule has 0 fully saturated rings. The van der Waals surface area contributed by atoms with Gasteiger partial charge in [0.05, 0.1) is 12.1 Å². The van der Waals surface area contributed by atoms with Crippen LogP contribution in [0.15, 0.2) is 23.1 Å². The third kappa shape index (κ3) is 2.16. The van der Waals surface area contributed by atoms with Crippen LogP contribution in [0.3, 0.4) is 0 Å². The predicted octanol–water partition coefficient (Wildman–Crippen LogP) is 2.63. The molecule has 0 saturated heterocycles. The molecule has 0 aromatic heterocycles. The third-order valence-electron chi connectivity index (χ3n) is 1.31. The van der Waals surface area contributed by atoms with Crippen molar-refractivity contribution in [1.29, 1.82) is 0 Å². The van der Waals surface area contributed by atoms with Gasteiger partial charge in [0.15, 0.2) is 5.62 Å². The van der Waals surface area contributed by atoms with Crippen molar-refractivity contribution < 1.29 is 9.53 Å². The molecule has 1 aromatic carbocycles. The highest BCUT2D eigenvalue weighted by Crippen LogP contribution is 2.28. The van der Waals surface area contributed by atoms with E-state index in [0.717, 1.165) is 22.3 Å². The van der Waals surface area contributed by atoms with Crippen LogP contribution in [-0.2, 0) is 4.79 Å². The topological polar surface area (TPSA) is 26.3 Å². The van der Waals surface area contributed by atoms with Gasteiger partial charge in [0, 0.05) is 4.90 Å². The molecule has 0 aliphatic heterocycles. The number of rotatable bonds is 3. The molecule has 0 radical (unpaired) electrons. The van der Waals surface area contributed by atoms with Crippen molar-refractivity contribution >= 4 is 29.0 Å². The van der Waals surface area contributed by atoms with Crippen molar-refractivity contribution in [3.8, 4) is 5.75 Å². The SMILES string of the molecule is COc1ccc(SC=O)cc1Cl. The van der Waals surface area contributed by atoms with Crippen LogP contribution in [-0.4, -0.2) is 12.7 Å². The normalized spacial score (nSPS) is 9.50. The molecule has 0 aliphatic carbocycles. The van der Waals surface area contributed by atoms with Crippen LogP contribution in [0.2, 0.25) is 5.02 Å². The maximum atomic E-state index is 10.1. The summed E-state index contributed by atoms with van der Waals surface area (Å²) in [7, 11) is 1.55. The van der Waals surface area contributed by atoms with E-state index in [0.29, 0.717) is 10.8 Å². The summed E-state index contributed by atoms with van der Waals surface area (Å²) in [6, 6.07) is 5.21. The third-order valence-corrected chi connectivity index (χ3v) is 2.23. The predicted molar refractivity (Wildman–Crippen MR) is 50.6 cm³/mol. The zero-order valence-corrected chi connectivity index (χ0v) is 7.98. The van der Waals surface area contributed by atoms with Gasteiger partial charge in [0.1, 0.15) is 5.75 Å². The lowest BCUT2D eigenvalue weighted by atomic mass is 10.3. The summed E-state index contributed by atoms with van der Waals surface area (Å²) in [5.74, 6) is 0.618. The number of carbonyl (C=O) groups is 1. The Morgan fingerprint density at radius 2 is 2.33 bits per heavy atom. The summed E-state index contributed by atoms with van der Waals surface area (Å²) in [6.07, 6.45) is 0. The fourth-order valence-electron chi connectivity index (χ4n) is 0.776. The summed E-state index contributed by atoms with van der Waals surface area (Å²) >= 11 is 6.90. The Labute approximate surface area is 79.9 Å².